The maximum absolute atomic E-state index is 6.14. The smallest absolute Gasteiger partial charge is 0.172 e. The van der Waals surface area contributed by atoms with Gasteiger partial charge >= 0.3 is 0 Å². The fourth-order valence-corrected chi connectivity index (χ4v) is 3.00. The van der Waals surface area contributed by atoms with Crippen molar-refractivity contribution in [1.29, 1.82) is 0 Å². The van der Waals surface area contributed by atoms with E-state index >= 15 is 0 Å². The van der Waals surface area contributed by atoms with E-state index in [-0.39, 0.29) is 0 Å². The molecule has 0 bridgehead atoms. The lowest BCUT2D eigenvalue weighted by Gasteiger charge is -2.11. The summed E-state index contributed by atoms with van der Waals surface area (Å²) < 4.78 is 2.14. The summed E-state index contributed by atoms with van der Waals surface area (Å²) in [6, 6.07) is 16.3. The molecule has 0 aliphatic heterocycles. The van der Waals surface area contributed by atoms with Crippen LogP contribution >= 0.6 is 23.4 Å². The van der Waals surface area contributed by atoms with Gasteiger partial charge in [0.2, 0.25) is 0 Å². The quantitative estimate of drug-likeness (QED) is 0.617. The van der Waals surface area contributed by atoms with Crippen molar-refractivity contribution < 1.29 is 0 Å². The Kier molecular flexibility index (Phi) is 4.04. The van der Waals surface area contributed by atoms with Gasteiger partial charge in [0.15, 0.2) is 5.16 Å². The second-order valence-electron chi connectivity index (χ2n) is 4.81. The molecule has 4 heteroatoms. The predicted molar refractivity (Wildman–Crippen MR) is 90.5 cm³/mol. The summed E-state index contributed by atoms with van der Waals surface area (Å²) in [7, 11) is 0. The van der Waals surface area contributed by atoms with Crippen LogP contribution in [0.2, 0.25) is 5.02 Å². The molecule has 3 aromatic rings. The third kappa shape index (κ3) is 2.85. The first-order valence-electron chi connectivity index (χ1n) is 6.64. The normalized spacial score (nSPS) is 10.8. The number of benzene rings is 2. The van der Waals surface area contributed by atoms with E-state index in [1.54, 1.807) is 11.8 Å². The summed E-state index contributed by atoms with van der Waals surface area (Å²) in [5.74, 6) is 0. The molecule has 21 heavy (non-hydrogen) atoms. The molecule has 0 spiro atoms. The summed E-state index contributed by atoms with van der Waals surface area (Å²) in [6.45, 7) is 2.09. The van der Waals surface area contributed by atoms with Gasteiger partial charge < -0.3 is 0 Å². The highest BCUT2D eigenvalue weighted by molar-refractivity contribution is 7.98. The van der Waals surface area contributed by atoms with Gasteiger partial charge in [0.1, 0.15) is 0 Å². The van der Waals surface area contributed by atoms with Crippen molar-refractivity contribution in [2.45, 2.75) is 12.1 Å². The van der Waals surface area contributed by atoms with Crippen molar-refractivity contribution in [3.05, 3.63) is 65.3 Å². The van der Waals surface area contributed by atoms with Crippen LogP contribution in [-0.2, 0) is 0 Å². The number of halogens is 1. The van der Waals surface area contributed by atoms with E-state index in [2.05, 4.69) is 40.7 Å². The van der Waals surface area contributed by atoms with Crippen molar-refractivity contribution in [2.24, 2.45) is 0 Å². The highest BCUT2D eigenvalue weighted by Gasteiger charge is 2.13. The number of aromatic nitrogens is 2. The lowest BCUT2D eigenvalue weighted by Crippen LogP contribution is -1.98. The lowest BCUT2D eigenvalue weighted by atomic mass is 10.1. The third-order valence-corrected chi connectivity index (χ3v) is 4.21. The van der Waals surface area contributed by atoms with Crippen LogP contribution in [0.3, 0.4) is 0 Å². The molecular formula is C17H15ClN2S. The molecule has 2 aromatic carbocycles. The molecule has 0 atom stereocenters. The number of rotatable bonds is 3. The fourth-order valence-electron chi connectivity index (χ4n) is 2.27. The maximum Gasteiger partial charge on any atom is 0.172 e. The molecule has 0 fully saturated rings. The van der Waals surface area contributed by atoms with Gasteiger partial charge in [-0.25, -0.2) is 4.98 Å². The number of hydrogen-bond donors (Lipinski definition) is 0. The average molecular weight is 315 g/mol. The van der Waals surface area contributed by atoms with Crippen LogP contribution in [0, 0.1) is 6.92 Å². The average Bonchev–Trinajstić information content (AvgIpc) is 2.92. The van der Waals surface area contributed by atoms with E-state index in [1.807, 2.05) is 36.7 Å². The lowest BCUT2D eigenvalue weighted by molar-refractivity contribution is 0.903. The van der Waals surface area contributed by atoms with Gasteiger partial charge in [-0.2, -0.15) is 0 Å². The van der Waals surface area contributed by atoms with E-state index in [0.29, 0.717) is 0 Å². The molecule has 106 valence electrons. The van der Waals surface area contributed by atoms with Crippen molar-refractivity contribution in [3.63, 3.8) is 0 Å². The molecule has 1 aromatic heterocycles. The molecule has 1 heterocycles. The van der Waals surface area contributed by atoms with E-state index in [0.717, 1.165) is 27.1 Å². The summed E-state index contributed by atoms with van der Waals surface area (Å²) in [4.78, 5) is 4.52. The Morgan fingerprint density at radius 2 is 1.86 bits per heavy atom. The van der Waals surface area contributed by atoms with Crippen molar-refractivity contribution in [1.82, 2.24) is 9.55 Å². The second-order valence-corrected chi connectivity index (χ2v) is 6.02. The van der Waals surface area contributed by atoms with Crippen LogP contribution in [-0.4, -0.2) is 15.8 Å². The standard InChI is InChI=1S/C17H15ClN2S/c1-12-6-8-13(9-7-12)16-11-19-17(21-2)20(16)15-5-3-4-14(18)10-15/h3-11H,1-2H3. The van der Waals surface area contributed by atoms with Gasteiger partial charge in [0.05, 0.1) is 11.9 Å². The number of hydrogen-bond acceptors (Lipinski definition) is 2. The first kappa shape index (κ1) is 14.2. The molecule has 0 saturated carbocycles. The number of thioether (sulfide) groups is 1. The zero-order valence-electron chi connectivity index (χ0n) is 11.9. The Bertz CT molecular complexity index is 763. The zero-order valence-corrected chi connectivity index (χ0v) is 13.4. The summed E-state index contributed by atoms with van der Waals surface area (Å²) >= 11 is 7.76. The Labute approximate surface area is 133 Å². The zero-order chi connectivity index (χ0) is 14.8. The van der Waals surface area contributed by atoms with Crippen molar-refractivity contribution in [2.75, 3.05) is 6.26 Å². The molecule has 0 N–H and O–H groups in total. The van der Waals surface area contributed by atoms with Crippen LogP contribution in [0.5, 0.6) is 0 Å². The maximum atomic E-state index is 6.14. The molecule has 3 rings (SSSR count). The first-order chi connectivity index (χ1) is 10.2. The topological polar surface area (TPSA) is 17.8 Å². The number of imidazole rings is 1. The molecule has 0 radical (unpaired) electrons. The van der Waals surface area contributed by atoms with Gasteiger partial charge in [-0.3, -0.25) is 4.57 Å². The molecule has 0 amide bonds. The van der Waals surface area contributed by atoms with Gasteiger partial charge in [-0.15, -0.1) is 0 Å². The Morgan fingerprint density at radius 3 is 2.52 bits per heavy atom. The fraction of sp³-hybridized carbons (Fsp3) is 0.118. The molecular weight excluding hydrogens is 300 g/mol. The molecule has 2 nitrogen and oxygen atoms in total. The predicted octanol–water partition coefficient (Wildman–Crippen LogP) is 5.22. The highest BCUT2D eigenvalue weighted by Crippen LogP contribution is 2.29. The number of nitrogens with zero attached hydrogens (tertiary/aromatic N) is 2. The van der Waals surface area contributed by atoms with Gasteiger partial charge in [-0.1, -0.05) is 59.3 Å². The molecule has 0 saturated heterocycles. The third-order valence-electron chi connectivity index (χ3n) is 3.33. The van der Waals surface area contributed by atoms with Gasteiger partial charge in [0, 0.05) is 16.3 Å². The van der Waals surface area contributed by atoms with Crippen molar-refractivity contribution in [3.8, 4) is 16.9 Å². The SMILES string of the molecule is CSc1ncc(-c2ccc(C)cc2)n1-c1cccc(Cl)c1. The van der Waals surface area contributed by atoms with Crippen LogP contribution in [0.25, 0.3) is 16.9 Å². The largest absolute Gasteiger partial charge is 0.287 e. The monoisotopic (exact) mass is 314 g/mol. The van der Waals surface area contributed by atoms with Crippen molar-refractivity contribution >= 4 is 23.4 Å². The van der Waals surface area contributed by atoms with E-state index in [9.17, 15) is 0 Å². The Morgan fingerprint density at radius 1 is 1.10 bits per heavy atom. The second kappa shape index (κ2) is 5.96. The molecule has 0 aliphatic rings. The minimum atomic E-state index is 0.725. The highest BCUT2D eigenvalue weighted by atomic mass is 35.5. The summed E-state index contributed by atoms with van der Waals surface area (Å²) in [5, 5.41) is 1.68. The Hall–Kier alpha value is -1.71. The van der Waals surface area contributed by atoms with Gasteiger partial charge in [0.25, 0.3) is 0 Å². The van der Waals surface area contributed by atoms with Gasteiger partial charge in [-0.05, 0) is 31.4 Å². The molecule has 0 aliphatic carbocycles. The van der Waals surface area contributed by atoms with Crippen LogP contribution in [0.15, 0.2) is 59.9 Å². The van der Waals surface area contributed by atoms with E-state index < -0.39 is 0 Å². The summed E-state index contributed by atoms with van der Waals surface area (Å²) in [6.07, 6.45) is 3.94. The van der Waals surface area contributed by atoms with E-state index in [1.165, 1.54) is 5.56 Å². The van der Waals surface area contributed by atoms with Crippen LogP contribution in [0.4, 0.5) is 0 Å². The van der Waals surface area contributed by atoms with E-state index in [4.69, 9.17) is 11.6 Å². The number of aryl methyl sites for hydroxylation is 1. The van der Waals surface area contributed by atoms with Crippen LogP contribution in [0.1, 0.15) is 5.56 Å². The summed E-state index contributed by atoms with van der Waals surface area (Å²) in [5.41, 5.74) is 4.49. The van der Waals surface area contributed by atoms with Crippen LogP contribution < -0.4 is 0 Å². The molecule has 0 unspecified atom stereocenters. The minimum absolute atomic E-state index is 0.725. The first-order valence-corrected chi connectivity index (χ1v) is 8.24. The Balaban J connectivity index is 2.19. The minimum Gasteiger partial charge on any atom is -0.287 e.